The Hall–Kier alpha value is -2.45. The highest BCUT2D eigenvalue weighted by Crippen LogP contribution is 2.55. The summed E-state index contributed by atoms with van der Waals surface area (Å²) in [6, 6.07) is 3.03. The molecule has 0 radical (unpaired) electrons. The number of likely N-dealkylation sites (tertiary alicyclic amines) is 1. The predicted octanol–water partition coefficient (Wildman–Crippen LogP) is 1.62. The fourth-order valence-electron chi connectivity index (χ4n) is 4.75. The van der Waals surface area contributed by atoms with Crippen LogP contribution in [0.1, 0.15) is 25.6 Å². The van der Waals surface area contributed by atoms with Gasteiger partial charge in [-0.1, -0.05) is 24.3 Å². The molecule has 2 fully saturated rings. The van der Waals surface area contributed by atoms with E-state index in [1.165, 1.54) is 4.90 Å². The summed E-state index contributed by atoms with van der Waals surface area (Å²) in [7, 11) is 0. The summed E-state index contributed by atoms with van der Waals surface area (Å²) in [5, 5.41) is 7.86. The Balaban J connectivity index is 1.63. The van der Waals surface area contributed by atoms with Gasteiger partial charge >= 0.3 is 0 Å². The fraction of sp³-hybridized carbons (Fsp3) is 0.500. The number of nitrogens with zero attached hydrogens (tertiary/aromatic N) is 1. The van der Waals surface area contributed by atoms with E-state index in [-0.39, 0.29) is 24.3 Å². The molecule has 4 heterocycles. The van der Waals surface area contributed by atoms with Gasteiger partial charge in [-0.25, -0.2) is 0 Å². The molecule has 7 nitrogen and oxygen atoms in total. The summed E-state index contributed by atoms with van der Waals surface area (Å²) in [6.07, 6.45) is 4.69. The summed E-state index contributed by atoms with van der Waals surface area (Å²) in [5.41, 5.74) is -1.60. The molecule has 160 valence electrons. The van der Waals surface area contributed by atoms with Gasteiger partial charge in [-0.15, -0.1) is 17.9 Å². The zero-order chi connectivity index (χ0) is 21.7. The molecule has 1 spiro atoms. The van der Waals surface area contributed by atoms with Crippen molar-refractivity contribution in [2.24, 2.45) is 11.8 Å². The van der Waals surface area contributed by atoms with Gasteiger partial charge < -0.3 is 20.3 Å². The molecule has 2 N–H and O–H groups in total. The minimum atomic E-state index is -1.13. The van der Waals surface area contributed by atoms with Gasteiger partial charge in [0, 0.05) is 17.0 Å². The van der Waals surface area contributed by atoms with E-state index in [0.29, 0.717) is 6.54 Å². The lowest BCUT2D eigenvalue weighted by Gasteiger charge is -2.34. The highest BCUT2D eigenvalue weighted by Gasteiger charge is 2.72. The standard InChI is InChI=1S/C22H27N3O4S/c1-5-10-25-17(19(27)24-21(2,3)4)22-9-8-14(29-22)15(16(22)20(25)28)18(26)23-12-13-7-6-11-30-13/h5-9,11,14-17H,1,10,12H2,2-4H3,(H,23,26)(H,24,27)/t14-,15+,16-,17+,22+/m1/s1. The third-order valence-corrected chi connectivity index (χ3v) is 6.64. The number of hydrogen-bond acceptors (Lipinski definition) is 5. The first-order chi connectivity index (χ1) is 14.2. The molecule has 2 saturated heterocycles. The Morgan fingerprint density at radius 1 is 1.37 bits per heavy atom. The molecule has 1 aromatic heterocycles. The average Bonchev–Trinajstić information content (AvgIpc) is 3.41. The first kappa shape index (κ1) is 20.8. The molecule has 3 aliphatic heterocycles. The van der Waals surface area contributed by atoms with Gasteiger partial charge in [-0.05, 0) is 32.2 Å². The van der Waals surface area contributed by atoms with Crippen LogP contribution in [0.4, 0.5) is 0 Å². The van der Waals surface area contributed by atoms with E-state index in [0.717, 1.165) is 4.88 Å². The second-order valence-corrected chi connectivity index (χ2v) is 10.0. The lowest BCUT2D eigenvalue weighted by molar-refractivity contribution is -0.141. The molecular formula is C22H27N3O4S. The zero-order valence-corrected chi connectivity index (χ0v) is 18.2. The molecule has 4 rings (SSSR count). The Bertz CT molecular complexity index is 904. The van der Waals surface area contributed by atoms with Crippen LogP contribution in [0.15, 0.2) is 42.3 Å². The molecule has 30 heavy (non-hydrogen) atoms. The minimum Gasteiger partial charge on any atom is -0.359 e. The van der Waals surface area contributed by atoms with E-state index >= 15 is 0 Å². The van der Waals surface area contributed by atoms with E-state index in [4.69, 9.17) is 4.74 Å². The summed E-state index contributed by atoms with van der Waals surface area (Å²) in [5.74, 6) is -2.15. The van der Waals surface area contributed by atoms with Crippen LogP contribution in [0.25, 0.3) is 0 Å². The summed E-state index contributed by atoms with van der Waals surface area (Å²) in [4.78, 5) is 42.2. The first-order valence-electron chi connectivity index (χ1n) is 10.1. The molecule has 5 atom stereocenters. The summed E-state index contributed by atoms with van der Waals surface area (Å²) >= 11 is 1.56. The molecule has 0 unspecified atom stereocenters. The zero-order valence-electron chi connectivity index (χ0n) is 17.4. The topological polar surface area (TPSA) is 87.7 Å². The fourth-order valence-corrected chi connectivity index (χ4v) is 5.39. The van der Waals surface area contributed by atoms with Crippen molar-refractivity contribution in [3.8, 4) is 0 Å². The average molecular weight is 430 g/mol. The van der Waals surface area contributed by atoms with E-state index < -0.39 is 35.1 Å². The first-order valence-corrected chi connectivity index (χ1v) is 11.0. The lowest BCUT2D eigenvalue weighted by Crippen LogP contribution is -2.57. The van der Waals surface area contributed by atoms with Crippen molar-refractivity contribution >= 4 is 29.1 Å². The van der Waals surface area contributed by atoms with Crippen molar-refractivity contribution in [1.82, 2.24) is 15.5 Å². The smallest absolute Gasteiger partial charge is 0.246 e. The lowest BCUT2D eigenvalue weighted by atomic mass is 9.74. The molecule has 0 aromatic carbocycles. The Morgan fingerprint density at radius 2 is 2.13 bits per heavy atom. The summed E-state index contributed by atoms with van der Waals surface area (Å²) < 4.78 is 6.22. The van der Waals surface area contributed by atoms with Crippen LogP contribution in [0.3, 0.4) is 0 Å². The third-order valence-electron chi connectivity index (χ3n) is 5.77. The van der Waals surface area contributed by atoms with Crippen LogP contribution in [-0.4, -0.2) is 52.5 Å². The van der Waals surface area contributed by atoms with E-state index in [9.17, 15) is 14.4 Å². The Labute approximate surface area is 180 Å². The van der Waals surface area contributed by atoms with Crippen LogP contribution in [0, 0.1) is 11.8 Å². The molecule has 1 aromatic rings. The van der Waals surface area contributed by atoms with Crippen molar-refractivity contribution in [3.63, 3.8) is 0 Å². The summed E-state index contributed by atoms with van der Waals surface area (Å²) in [6.45, 7) is 10.0. The molecule has 3 amide bonds. The maximum Gasteiger partial charge on any atom is 0.246 e. The maximum atomic E-state index is 13.4. The van der Waals surface area contributed by atoms with Gasteiger partial charge in [0.1, 0.15) is 11.6 Å². The molecule has 0 saturated carbocycles. The van der Waals surface area contributed by atoms with E-state index in [1.807, 2.05) is 44.4 Å². The Morgan fingerprint density at radius 3 is 2.77 bits per heavy atom. The molecule has 0 aliphatic carbocycles. The molecule has 2 bridgehead atoms. The van der Waals surface area contributed by atoms with Crippen LogP contribution < -0.4 is 10.6 Å². The largest absolute Gasteiger partial charge is 0.359 e. The van der Waals surface area contributed by atoms with E-state index in [1.54, 1.807) is 23.5 Å². The van der Waals surface area contributed by atoms with Gasteiger partial charge in [0.15, 0.2) is 0 Å². The number of fused-ring (bicyclic) bond motifs is 1. The SMILES string of the molecule is C=CCN1C(=O)[C@H]2[C@@H](C(=O)NCc3cccs3)[C@H]3C=C[C@@]2(O3)[C@@H]1C(=O)NC(C)(C)C. The van der Waals surface area contributed by atoms with Crippen LogP contribution >= 0.6 is 11.3 Å². The van der Waals surface area contributed by atoms with Gasteiger partial charge in [0.05, 0.1) is 24.5 Å². The van der Waals surface area contributed by atoms with Crippen molar-refractivity contribution in [2.75, 3.05) is 6.54 Å². The van der Waals surface area contributed by atoms with Crippen molar-refractivity contribution in [3.05, 3.63) is 47.2 Å². The quantitative estimate of drug-likeness (QED) is 0.673. The number of carbonyl (C=O) groups is 3. The Kier molecular flexibility index (Phi) is 5.10. The third kappa shape index (κ3) is 3.28. The highest BCUT2D eigenvalue weighted by atomic mass is 32.1. The van der Waals surface area contributed by atoms with Gasteiger partial charge in [0.25, 0.3) is 0 Å². The second-order valence-electron chi connectivity index (χ2n) is 9.02. The van der Waals surface area contributed by atoms with Crippen LogP contribution in [0.2, 0.25) is 0 Å². The molecule has 3 aliphatic rings. The van der Waals surface area contributed by atoms with Crippen LogP contribution in [-0.2, 0) is 25.7 Å². The number of rotatable bonds is 6. The number of hydrogen-bond donors (Lipinski definition) is 2. The monoisotopic (exact) mass is 429 g/mol. The van der Waals surface area contributed by atoms with Crippen molar-refractivity contribution < 1.29 is 19.1 Å². The number of carbonyl (C=O) groups excluding carboxylic acids is 3. The minimum absolute atomic E-state index is 0.213. The van der Waals surface area contributed by atoms with Crippen molar-refractivity contribution in [2.45, 2.75) is 50.6 Å². The highest BCUT2D eigenvalue weighted by molar-refractivity contribution is 7.09. The number of ether oxygens (including phenoxy) is 1. The van der Waals surface area contributed by atoms with Gasteiger partial charge in [-0.3, -0.25) is 14.4 Å². The second kappa shape index (κ2) is 7.35. The molecular weight excluding hydrogens is 402 g/mol. The van der Waals surface area contributed by atoms with Crippen molar-refractivity contribution in [1.29, 1.82) is 0 Å². The van der Waals surface area contributed by atoms with Crippen LogP contribution in [0.5, 0.6) is 0 Å². The maximum absolute atomic E-state index is 13.4. The predicted molar refractivity (Wildman–Crippen MR) is 113 cm³/mol. The number of amides is 3. The van der Waals surface area contributed by atoms with Gasteiger partial charge in [0.2, 0.25) is 17.7 Å². The van der Waals surface area contributed by atoms with Gasteiger partial charge in [-0.2, -0.15) is 0 Å². The number of thiophene rings is 1. The van der Waals surface area contributed by atoms with E-state index in [2.05, 4.69) is 17.2 Å². The molecule has 8 heteroatoms. The number of nitrogens with one attached hydrogen (secondary N) is 2. The normalized spacial score (nSPS) is 31.7.